The number of hydrogen-bond acceptors (Lipinski definition) is 0. The molecule has 1 aromatic carbocycles. The van der Waals surface area contributed by atoms with E-state index in [4.69, 9.17) is 6.42 Å². The molecule has 0 N–H and O–H groups in total. The first kappa shape index (κ1) is 15.8. The molecule has 0 aromatic heterocycles. The molecule has 0 spiro atoms. The lowest BCUT2D eigenvalue weighted by molar-refractivity contribution is -0.902. The van der Waals surface area contributed by atoms with Crippen molar-refractivity contribution in [1.29, 1.82) is 0 Å². The molecule has 0 amide bonds. The zero-order valence-corrected chi connectivity index (χ0v) is 12.8. The minimum atomic E-state index is 0. The number of halogens is 2. The van der Waals surface area contributed by atoms with Crippen molar-refractivity contribution in [3.63, 3.8) is 0 Å². The van der Waals surface area contributed by atoms with Crippen LogP contribution in [0.25, 0.3) is 0 Å². The van der Waals surface area contributed by atoms with E-state index >= 15 is 0 Å². The van der Waals surface area contributed by atoms with Gasteiger partial charge >= 0.3 is 0 Å². The van der Waals surface area contributed by atoms with Crippen molar-refractivity contribution in [3.8, 4) is 12.3 Å². The summed E-state index contributed by atoms with van der Waals surface area (Å²) in [6.07, 6.45) is 5.48. The van der Waals surface area contributed by atoms with Gasteiger partial charge in [0.2, 0.25) is 0 Å². The zero-order valence-electron chi connectivity index (χ0n) is 9.87. The molecule has 0 bridgehead atoms. The fraction of sp³-hybridized carbons (Fsp3) is 0.385. The Hall–Kier alpha value is -0.240. The van der Waals surface area contributed by atoms with Crippen molar-refractivity contribution in [1.82, 2.24) is 0 Å². The van der Waals surface area contributed by atoms with Gasteiger partial charge in [-0.25, -0.2) is 0 Å². The van der Waals surface area contributed by atoms with E-state index in [-0.39, 0.29) is 16.5 Å². The largest absolute Gasteiger partial charge is 1.00 e. The Morgan fingerprint density at radius 1 is 1.38 bits per heavy atom. The Morgan fingerprint density at radius 3 is 2.44 bits per heavy atom. The van der Waals surface area contributed by atoms with Crippen LogP contribution in [0.3, 0.4) is 0 Å². The molecule has 0 fully saturated rings. The first-order chi connectivity index (χ1) is 6.97. The number of rotatable bonds is 3. The average molecular weight is 350 g/mol. The summed E-state index contributed by atoms with van der Waals surface area (Å²) >= 11 is 2.32. The van der Waals surface area contributed by atoms with E-state index in [1.54, 1.807) is 0 Å². The number of alkyl halides is 1. The summed E-state index contributed by atoms with van der Waals surface area (Å²) in [6.45, 7) is 3.12. The normalized spacial score (nSPS) is 12.4. The van der Waals surface area contributed by atoms with Crippen molar-refractivity contribution in [3.05, 3.63) is 35.4 Å². The van der Waals surface area contributed by atoms with Crippen LogP contribution >= 0.6 is 22.6 Å². The fourth-order valence-electron chi connectivity index (χ4n) is 1.51. The first-order valence-corrected chi connectivity index (χ1v) is 6.19. The molecule has 0 aliphatic rings. The lowest BCUT2D eigenvalue weighted by Crippen LogP contribution is -3.00. The van der Waals surface area contributed by atoms with Crippen LogP contribution in [0.5, 0.6) is 0 Å². The van der Waals surface area contributed by atoms with Gasteiger partial charge in [0, 0.05) is 28.2 Å². The molecule has 0 heterocycles. The van der Waals surface area contributed by atoms with Crippen molar-refractivity contribution in [2.75, 3.05) is 14.1 Å². The van der Waals surface area contributed by atoms with E-state index in [9.17, 15) is 0 Å². The summed E-state index contributed by atoms with van der Waals surface area (Å²) in [4.78, 5) is 0. The van der Waals surface area contributed by atoms with E-state index in [2.05, 4.69) is 73.8 Å². The van der Waals surface area contributed by atoms with Crippen LogP contribution in [-0.4, -0.2) is 22.6 Å². The molecule has 1 unspecified atom stereocenters. The molecule has 1 aromatic rings. The number of quaternary nitrogens is 1. The van der Waals surface area contributed by atoms with Gasteiger partial charge in [-0.15, -0.1) is 6.42 Å². The van der Waals surface area contributed by atoms with Crippen molar-refractivity contribution in [2.45, 2.75) is 17.5 Å². The summed E-state index contributed by atoms with van der Waals surface area (Å²) in [6, 6.07) is 8.48. The second-order valence-electron chi connectivity index (χ2n) is 4.37. The molecule has 0 radical (unpaired) electrons. The highest BCUT2D eigenvalue weighted by Gasteiger charge is 2.24. The van der Waals surface area contributed by atoms with Gasteiger partial charge in [-0.3, -0.25) is 0 Å². The highest BCUT2D eigenvalue weighted by atomic mass is 127. The van der Waals surface area contributed by atoms with Crippen LogP contribution in [0.2, 0.25) is 0 Å². The van der Waals surface area contributed by atoms with E-state index in [0.717, 1.165) is 11.0 Å². The smallest absolute Gasteiger partial charge is 0.200 e. The highest BCUT2D eigenvalue weighted by molar-refractivity contribution is 14.1. The number of terminal acetylenes is 1. The van der Waals surface area contributed by atoms with Gasteiger partial charge in [-0.2, -0.15) is 0 Å². The molecule has 0 aliphatic carbocycles. The number of aryl methyl sites for hydroxylation is 1. The monoisotopic (exact) mass is 349 g/mol. The minimum Gasteiger partial charge on any atom is -1.00 e. The van der Waals surface area contributed by atoms with Gasteiger partial charge in [0.15, 0.2) is 4.05 Å². The predicted octanol–water partition coefficient (Wildman–Crippen LogP) is -0.0303. The Labute approximate surface area is 118 Å². The molecule has 16 heavy (non-hydrogen) atoms. The summed E-state index contributed by atoms with van der Waals surface area (Å²) in [5.74, 6) is 2.80. The lowest BCUT2D eigenvalue weighted by atomic mass is 10.1. The average Bonchev–Trinajstić information content (AvgIpc) is 2.20. The Kier molecular flexibility index (Phi) is 6.39. The molecule has 0 aliphatic heterocycles. The molecule has 1 atom stereocenters. The van der Waals surface area contributed by atoms with Gasteiger partial charge < -0.3 is 16.9 Å². The third-order valence-electron chi connectivity index (χ3n) is 2.59. The zero-order chi connectivity index (χ0) is 11.5. The molecule has 1 nitrogen and oxygen atoms in total. The quantitative estimate of drug-likeness (QED) is 0.236. The minimum absolute atomic E-state index is 0. The van der Waals surface area contributed by atoms with Gasteiger partial charge in [-0.1, -0.05) is 24.3 Å². The van der Waals surface area contributed by atoms with Crippen LogP contribution < -0.4 is 12.4 Å². The van der Waals surface area contributed by atoms with E-state index in [0.29, 0.717) is 0 Å². The van der Waals surface area contributed by atoms with Crippen LogP contribution in [0, 0.1) is 19.3 Å². The molecular formula is C13H17ClIN. The molecule has 1 rings (SSSR count). The summed E-state index contributed by atoms with van der Waals surface area (Å²) < 4.78 is 1.03. The summed E-state index contributed by atoms with van der Waals surface area (Å²) in [5.41, 5.74) is 2.71. The van der Waals surface area contributed by atoms with Crippen LogP contribution in [0.1, 0.15) is 11.1 Å². The maximum atomic E-state index is 5.48. The van der Waals surface area contributed by atoms with Gasteiger partial charge in [0.05, 0.1) is 14.1 Å². The lowest BCUT2D eigenvalue weighted by Gasteiger charge is -2.32. The first-order valence-electron chi connectivity index (χ1n) is 4.95. The van der Waals surface area contributed by atoms with Gasteiger partial charge in [0.25, 0.3) is 0 Å². The van der Waals surface area contributed by atoms with E-state index < -0.39 is 0 Å². The number of nitrogens with zero attached hydrogens (tertiary/aromatic N) is 1. The molecule has 0 saturated heterocycles. The maximum Gasteiger partial charge on any atom is 0.200 e. The molecule has 0 saturated carbocycles. The fourth-order valence-corrected chi connectivity index (χ4v) is 1.71. The van der Waals surface area contributed by atoms with Crippen LogP contribution in [-0.2, 0) is 6.54 Å². The predicted molar refractivity (Wildman–Crippen MR) is 73.6 cm³/mol. The number of benzene rings is 1. The summed E-state index contributed by atoms with van der Waals surface area (Å²) in [5, 5.41) is 0. The third-order valence-corrected chi connectivity index (χ3v) is 4.46. The van der Waals surface area contributed by atoms with Crippen LogP contribution in [0.4, 0.5) is 0 Å². The van der Waals surface area contributed by atoms with Crippen molar-refractivity contribution >= 4 is 22.6 Å². The van der Waals surface area contributed by atoms with Crippen LogP contribution in [0.15, 0.2) is 24.3 Å². The standard InChI is InChI=1S/C13H17IN.ClH/c1-5-13(14)15(3,4)10-12-9-7-6-8-11(12)2;/h1,6-9,13H,10H2,2-4H3;1H/q+1;/p-1. The summed E-state index contributed by atoms with van der Waals surface area (Å²) in [7, 11) is 4.34. The second kappa shape index (κ2) is 6.48. The highest BCUT2D eigenvalue weighted by Crippen LogP contribution is 2.19. The topological polar surface area (TPSA) is 0 Å². The van der Waals surface area contributed by atoms with Gasteiger partial charge in [0.1, 0.15) is 6.54 Å². The van der Waals surface area contributed by atoms with Gasteiger partial charge in [-0.05, 0) is 18.4 Å². The number of hydrogen-bond donors (Lipinski definition) is 0. The maximum absolute atomic E-state index is 5.48. The molecule has 88 valence electrons. The van der Waals surface area contributed by atoms with E-state index in [1.165, 1.54) is 11.1 Å². The Morgan fingerprint density at radius 2 is 1.94 bits per heavy atom. The van der Waals surface area contributed by atoms with Crippen molar-refractivity contribution < 1.29 is 16.9 Å². The molecular weight excluding hydrogens is 333 g/mol. The Bertz CT molecular complexity index is 382. The van der Waals surface area contributed by atoms with E-state index in [1.807, 2.05) is 0 Å². The molecule has 3 heteroatoms. The third kappa shape index (κ3) is 3.97. The van der Waals surface area contributed by atoms with Crippen molar-refractivity contribution in [2.24, 2.45) is 0 Å². The second-order valence-corrected chi connectivity index (χ2v) is 5.55. The Balaban J connectivity index is 0.00000225. The SMILES string of the molecule is C#CC(I)[N+](C)(C)Cc1ccccc1C.[Cl-].